The highest BCUT2D eigenvalue weighted by molar-refractivity contribution is 7.99. The van der Waals surface area contributed by atoms with Crippen LogP contribution in [0.25, 0.3) is 11.4 Å². The molecule has 1 amide bonds. The molecule has 0 bridgehead atoms. The van der Waals surface area contributed by atoms with E-state index < -0.39 is 17.6 Å². The van der Waals surface area contributed by atoms with Gasteiger partial charge in [-0.15, -0.1) is 10.2 Å². The van der Waals surface area contributed by atoms with Crippen molar-refractivity contribution in [2.75, 3.05) is 11.1 Å². The molecule has 2 heterocycles. The van der Waals surface area contributed by atoms with Gasteiger partial charge in [0, 0.05) is 24.5 Å². The number of alkyl halides is 3. The number of carbonyl (C=O) groups is 1. The highest BCUT2D eigenvalue weighted by Gasteiger charge is 2.31. The van der Waals surface area contributed by atoms with Gasteiger partial charge in [0.25, 0.3) is 0 Å². The molecule has 2 aromatic heterocycles. The normalized spacial score (nSPS) is 11.5. The van der Waals surface area contributed by atoms with E-state index in [9.17, 15) is 18.0 Å². The Morgan fingerprint density at radius 2 is 2.07 bits per heavy atom. The standard InChI is InChI=1S/C18H15ClF3N5OS/c1-2-27-16(11-4-3-7-23-9-11)25-26-17(27)29-10-15(28)24-14-8-12(18(20,21)22)5-6-13(14)19/h3-9H,2,10H2,1H3,(H,24,28). The second-order valence-corrected chi connectivity index (χ2v) is 7.17. The van der Waals surface area contributed by atoms with E-state index >= 15 is 0 Å². The minimum absolute atomic E-state index is 0.0203. The summed E-state index contributed by atoms with van der Waals surface area (Å²) in [5.41, 5.74) is -0.203. The Labute approximate surface area is 173 Å². The predicted octanol–water partition coefficient (Wildman–Crippen LogP) is 4.76. The second kappa shape index (κ2) is 8.83. The molecule has 0 atom stereocenters. The lowest BCUT2D eigenvalue weighted by Crippen LogP contribution is -2.16. The van der Waals surface area contributed by atoms with Gasteiger partial charge in [-0.3, -0.25) is 9.78 Å². The summed E-state index contributed by atoms with van der Waals surface area (Å²) < 4.78 is 40.4. The molecule has 152 valence electrons. The van der Waals surface area contributed by atoms with E-state index in [1.54, 1.807) is 18.5 Å². The van der Waals surface area contributed by atoms with Crippen LogP contribution in [-0.2, 0) is 17.5 Å². The van der Waals surface area contributed by atoms with Crippen LogP contribution in [0.5, 0.6) is 0 Å². The fraction of sp³-hybridized carbons (Fsp3) is 0.222. The predicted molar refractivity (Wildman–Crippen MR) is 105 cm³/mol. The second-order valence-electron chi connectivity index (χ2n) is 5.82. The van der Waals surface area contributed by atoms with E-state index in [2.05, 4.69) is 20.5 Å². The third-order valence-corrected chi connectivity index (χ3v) is 5.15. The summed E-state index contributed by atoms with van der Waals surface area (Å²) in [7, 11) is 0. The number of pyridine rings is 1. The molecule has 11 heteroatoms. The Balaban J connectivity index is 1.70. The Morgan fingerprint density at radius 3 is 2.72 bits per heavy atom. The first-order valence-corrected chi connectivity index (χ1v) is 9.79. The topological polar surface area (TPSA) is 72.7 Å². The van der Waals surface area contributed by atoms with Crippen molar-refractivity contribution >= 4 is 35.0 Å². The number of aromatic nitrogens is 4. The number of rotatable bonds is 6. The van der Waals surface area contributed by atoms with Crippen molar-refractivity contribution in [1.82, 2.24) is 19.7 Å². The van der Waals surface area contributed by atoms with Gasteiger partial charge in [0.05, 0.1) is 22.0 Å². The van der Waals surface area contributed by atoms with E-state index in [1.165, 1.54) is 0 Å². The van der Waals surface area contributed by atoms with Crippen LogP contribution in [0.15, 0.2) is 47.9 Å². The van der Waals surface area contributed by atoms with Crippen LogP contribution in [0.3, 0.4) is 0 Å². The average Bonchev–Trinajstić information content (AvgIpc) is 3.11. The first kappa shape index (κ1) is 21.1. The SMILES string of the molecule is CCn1c(SCC(=O)Nc2cc(C(F)(F)F)ccc2Cl)nnc1-c1cccnc1. The molecule has 0 fully saturated rings. The lowest BCUT2D eigenvalue weighted by atomic mass is 10.2. The maximum Gasteiger partial charge on any atom is 0.416 e. The van der Waals surface area contributed by atoms with E-state index in [0.29, 0.717) is 17.5 Å². The molecular formula is C18H15ClF3N5OS. The smallest absolute Gasteiger partial charge is 0.324 e. The largest absolute Gasteiger partial charge is 0.416 e. The molecule has 3 aromatic rings. The number of hydrogen-bond acceptors (Lipinski definition) is 5. The zero-order valence-electron chi connectivity index (χ0n) is 15.1. The molecule has 0 aliphatic rings. The summed E-state index contributed by atoms with van der Waals surface area (Å²) in [6, 6.07) is 6.39. The van der Waals surface area contributed by atoms with Gasteiger partial charge in [-0.25, -0.2) is 0 Å². The van der Waals surface area contributed by atoms with Crippen molar-refractivity contribution < 1.29 is 18.0 Å². The number of anilines is 1. The quantitative estimate of drug-likeness (QED) is 0.558. The monoisotopic (exact) mass is 441 g/mol. The van der Waals surface area contributed by atoms with Crippen LogP contribution < -0.4 is 5.32 Å². The average molecular weight is 442 g/mol. The molecule has 0 saturated heterocycles. The van der Waals surface area contributed by atoms with Gasteiger partial charge in [-0.1, -0.05) is 23.4 Å². The van der Waals surface area contributed by atoms with Crippen LogP contribution in [0, 0.1) is 0 Å². The molecule has 0 aliphatic carbocycles. The van der Waals surface area contributed by atoms with Crippen LogP contribution in [0.2, 0.25) is 5.02 Å². The van der Waals surface area contributed by atoms with Crippen molar-refractivity contribution in [1.29, 1.82) is 0 Å². The zero-order valence-corrected chi connectivity index (χ0v) is 16.6. The van der Waals surface area contributed by atoms with Gasteiger partial charge in [-0.2, -0.15) is 13.2 Å². The highest BCUT2D eigenvalue weighted by atomic mass is 35.5. The van der Waals surface area contributed by atoms with Gasteiger partial charge in [0.2, 0.25) is 5.91 Å². The summed E-state index contributed by atoms with van der Waals surface area (Å²) in [6.45, 7) is 2.48. The van der Waals surface area contributed by atoms with Crippen LogP contribution in [0.1, 0.15) is 12.5 Å². The Bertz CT molecular complexity index is 1010. The number of carbonyl (C=O) groups excluding carboxylic acids is 1. The van der Waals surface area contributed by atoms with E-state index in [1.807, 2.05) is 17.6 Å². The summed E-state index contributed by atoms with van der Waals surface area (Å²) >= 11 is 7.03. The third-order valence-electron chi connectivity index (χ3n) is 3.85. The minimum atomic E-state index is -4.53. The van der Waals surface area contributed by atoms with Crippen molar-refractivity contribution in [3.8, 4) is 11.4 Å². The van der Waals surface area contributed by atoms with Gasteiger partial charge >= 0.3 is 6.18 Å². The minimum Gasteiger partial charge on any atom is -0.324 e. The van der Waals surface area contributed by atoms with Crippen LogP contribution in [0.4, 0.5) is 18.9 Å². The Kier molecular flexibility index (Phi) is 6.43. The lowest BCUT2D eigenvalue weighted by Gasteiger charge is -2.11. The Hall–Kier alpha value is -2.59. The summed E-state index contributed by atoms with van der Waals surface area (Å²) in [4.78, 5) is 16.3. The molecule has 0 radical (unpaired) electrons. The van der Waals surface area contributed by atoms with E-state index in [0.717, 1.165) is 35.5 Å². The fourth-order valence-corrected chi connectivity index (χ4v) is 3.47. The maximum atomic E-state index is 12.8. The fourth-order valence-electron chi connectivity index (χ4n) is 2.50. The summed E-state index contributed by atoms with van der Waals surface area (Å²) in [5.74, 6) is 0.0341. The number of nitrogens with one attached hydrogen (secondary N) is 1. The molecule has 29 heavy (non-hydrogen) atoms. The molecule has 0 aliphatic heterocycles. The van der Waals surface area contributed by atoms with Gasteiger partial charge in [-0.05, 0) is 37.3 Å². The zero-order chi connectivity index (χ0) is 21.0. The maximum absolute atomic E-state index is 12.8. The van der Waals surface area contributed by atoms with Gasteiger partial charge in [0.1, 0.15) is 0 Å². The number of hydrogen-bond donors (Lipinski definition) is 1. The Morgan fingerprint density at radius 1 is 1.28 bits per heavy atom. The lowest BCUT2D eigenvalue weighted by molar-refractivity contribution is -0.137. The first-order valence-electron chi connectivity index (χ1n) is 8.42. The molecule has 1 aromatic carbocycles. The van der Waals surface area contributed by atoms with Crippen LogP contribution in [-0.4, -0.2) is 31.4 Å². The number of amides is 1. The van der Waals surface area contributed by atoms with Crippen molar-refractivity contribution in [2.24, 2.45) is 0 Å². The van der Waals surface area contributed by atoms with Crippen molar-refractivity contribution in [3.63, 3.8) is 0 Å². The molecular weight excluding hydrogens is 427 g/mol. The van der Waals surface area contributed by atoms with Gasteiger partial charge in [0.15, 0.2) is 11.0 Å². The number of thioether (sulfide) groups is 1. The molecule has 3 rings (SSSR count). The number of nitrogens with zero attached hydrogens (tertiary/aromatic N) is 4. The van der Waals surface area contributed by atoms with Crippen molar-refractivity contribution in [3.05, 3.63) is 53.3 Å². The number of benzene rings is 1. The van der Waals surface area contributed by atoms with Gasteiger partial charge < -0.3 is 9.88 Å². The molecule has 1 N–H and O–H groups in total. The third kappa shape index (κ3) is 5.07. The molecule has 0 unspecified atom stereocenters. The van der Waals surface area contributed by atoms with E-state index in [-0.39, 0.29) is 16.5 Å². The molecule has 6 nitrogen and oxygen atoms in total. The van der Waals surface area contributed by atoms with Crippen molar-refractivity contribution in [2.45, 2.75) is 24.8 Å². The summed E-state index contributed by atoms with van der Waals surface area (Å²) in [5, 5.41) is 11.2. The first-order chi connectivity index (χ1) is 13.8. The van der Waals surface area contributed by atoms with E-state index in [4.69, 9.17) is 11.6 Å². The highest BCUT2D eigenvalue weighted by Crippen LogP contribution is 2.34. The summed E-state index contributed by atoms with van der Waals surface area (Å²) in [6.07, 6.45) is -1.22. The van der Waals surface area contributed by atoms with Crippen LogP contribution >= 0.6 is 23.4 Å². The molecule has 0 saturated carbocycles. The number of halogens is 4. The molecule has 0 spiro atoms.